The molecular formula is C22H26N4O2. The van der Waals surface area contributed by atoms with E-state index < -0.39 is 0 Å². The Kier molecular flexibility index (Phi) is 5.99. The number of hydrogen-bond donors (Lipinski definition) is 4. The number of carbonyl (C=O) groups excluding carboxylic acids is 2. The highest BCUT2D eigenvalue weighted by Gasteiger charge is 2.24. The first-order valence-corrected chi connectivity index (χ1v) is 9.43. The van der Waals surface area contributed by atoms with Crippen molar-refractivity contribution in [3.8, 4) is 0 Å². The molecule has 0 aromatic heterocycles. The monoisotopic (exact) mass is 378 g/mol. The van der Waals surface area contributed by atoms with Gasteiger partial charge < -0.3 is 21.3 Å². The van der Waals surface area contributed by atoms with Crippen molar-refractivity contribution >= 4 is 17.7 Å². The fraction of sp³-hybridized carbons (Fsp3) is 0.273. The van der Waals surface area contributed by atoms with E-state index in [1.165, 1.54) is 0 Å². The van der Waals surface area contributed by atoms with Crippen molar-refractivity contribution in [1.82, 2.24) is 16.0 Å². The Morgan fingerprint density at radius 2 is 1.93 bits per heavy atom. The second-order valence-electron chi connectivity index (χ2n) is 6.95. The van der Waals surface area contributed by atoms with Crippen LogP contribution >= 0.6 is 0 Å². The van der Waals surface area contributed by atoms with Gasteiger partial charge in [-0.2, -0.15) is 0 Å². The van der Waals surface area contributed by atoms with Gasteiger partial charge in [-0.05, 0) is 54.2 Å². The van der Waals surface area contributed by atoms with E-state index in [-0.39, 0.29) is 18.1 Å². The van der Waals surface area contributed by atoms with Crippen molar-refractivity contribution in [3.05, 3.63) is 77.0 Å². The lowest BCUT2D eigenvalue weighted by Crippen LogP contribution is -2.29. The summed E-state index contributed by atoms with van der Waals surface area (Å²) in [5.74, 6) is 0. The van der Waals surface area contributed by atoms with Crippen molar-refractivity contribution in [3.63, 3.8) is 0 Å². The van der Waals surface area contributed by atoms with Gasteiger partial charge in [0.2, 0.25) is 0 Å². The zero-order valence-corrected chi connectivity index (χ0v) is 16.3. The summed E-state index contributed by atoms with van der Waals surface area (Å²) in [6.45, 7) is 8.46. The molecule has 28 heavy (non-hydrogen) atoms. The molecule has 2 aromatic carbocycles. The van der Waals surface area contributed by atoms with Crippen LogP contribution in [0.15, 0.2) is 54.7 Å². The van der Waals surface area contributed by atoms with E-state index in [0.29, 0.717) is 18.7 Å². The molecule has 0 bridgehead atoms. The molecule has 3 rings (SSSR count). The molecule has 4 amide bonds. The number of carbonyl (C=O) groups is 2. The van der Waals surface area contributed by atoms with Gasteiger partial charge in [0.05, 0.1) is 6.04 Å². The van der Waals surface area contributed by atoms with Crippen molar-refractivity contribution in [2.75, 3.05) is 5.32 Å². The highest BCUT2D eigenvalue weighted by Crippen LogP contribution is 2.20. The van der Waals surface area contributed by atoms with Crippen LogP contribution in [0.4, 0.5) is 15.3 Å². The predicted molar refractivity (Wildman–Crippen MR) is 111 cm³/mol. The van der Waals surface area contributed by atoms with Gasteiger partial charge in [0.15, 0.2) is 0 Å². The Balaban J connectivity index is 1.61. The molecule has 6 nitrogen and oxygen atoms in total. The van der Waals surface area contributed by atoms with E-state index in [9.17, 15) is 9.59 Å². The number of anilines is 1. The Morgan fingerprint density at radius 1 is 1.14 bits per heavy atom. The zero-order chi connectivity index (χ0) is 20.1. The lowest BCUT2D eigenvalue weighted by Gasteiger charge is -2.15. The maximum Gasteiger partial charge on any atom is 0.319 e. The minimum Gasteiger partial charge on any atom is -0.334 e. The number of amides is 4. The summed E-state index contributed by atoms with van der Waals surface area (Å²) < 4.78 is 0. The summed E-state index contributed by atoms with van der Waals surface area (Å²) in [6.07, 6.45) is 1.50. The molecule has 1 aliphatic heterocycles. The number of hydrogen-bond acceptors (Lipinski definition) is 2. The fourth-order valence-electron chi connectivity index (χ4n) is 3.30. The Labute approximate surface area is 165 Å². The molecule has 6 heteroatoms. The van der Waals surface area contributed by atoms with Gasteiger partial charge in [-0.25, -0.2) is 9.59 Å². The largest absolute Gasteiger partial charge is 0.334 e. The van der Waals surface area contributed by atoms with Gasteiger partial charge in [-0.1, -0.05) is 43.8 Å². The Bertz CT molecular complexity index is 907. The molecule has 1 heterocycles. The van der Waals surface area contributed by atoms with E-state index in [1.807, 2.05) is 49.4 Å². The third kappa shape index (κ3) is 4.71. The van der Waals surface area contributed by atoms with E-state index in [4.69, 9.17) is 0 Å². The molecule has 146 valence electrons. The topological polar surface area (TPSA) is 82.3 Å². The first-order valence-electron chi connectivity index (χ1n) is 9.43. The summed E-state index contributed by atoms with van der Waals surface area (Å²) in [5.41, 5.74) is 5.93. The first kappa shape index (κ1) is 19.5. The van der Waals surface area contributed by atoms with Crippen LogP contribution in [0.25, 0.3) is 0 Å². The summed E-state index contributed by atoms with van der Waals surface area (Å²) >= 11 is 0. The Morgan fingerprint density at radius 3 is 2.61 bits per heavy atom. The normalized spacial score (nSPS) is 15.7. The minimum atomic E-state index is -0.237. The SMILES string of the molecule is C=C1NC(=O)NC1Cc1ccc(NC(=O)NCc2ccccc2C)cc1CC. The van der Waals surface area contributed by atoms with E-state index >= 15 is 0 Å². The van der Waals surface area contributed by atoms with Crippen molar-refractivity contribution in [2.24, 2.45) is 0 Å². The maximum atomic E-state index is 12.2. The molecule has 0 saturated carbocycles. The summed E-state index contributed by atoms with van der Waals surface area (Å²) in [4.78, 5) is 23.7. The third-order valence-corrected chi connectivity index (χ3v) is 4.97. The number of rotatable bonds is 6. The van der Waals surface area contributed by atoms with Crippen LogP contribution in [0.3, 0.4) is 0 Å². The second-order valence-corrected chi connectivity index (χ2v) is 6.95. The van der Waals surface area contributed by atoms with Gasteiger partial charge in [-0.3, -0.25) is 0 Å². The van der Waals surface area contributed by atoms with Crippen LogP contribution < -0.4 is 21.3 Å². The smallest absolute Gasteiger partial charge is 0.319 e. The number of nitrogens with one attached hydrogen (secondary N) is 4. The predicted octanol–water partition coefficient (Wildman–Crippen LogP) is 3.62. The number of benzene rings is 2. The molecule has 0 radical (unpaired) electrons. The summed E-state index contributed by atoms with van der Waals surface area (Å²) in [6, 6.07) is 13.3. The van der Waals surface area contributed by atoms with Crippen molar-refractivity contribution in [1.29, 1.82) is 0 Å². The molecule has 2 aromatic rings. The van der Waals surface area contributed by atoms with Crippen LogP contribution in [-0.2, 0) is 19.4 Å². The lowest BCUT2D eigenvalue weighted by molar-refractivity contribution is 0.247. The van der Waals surface area contributed by atoms with Crippen LogP contribution in [0.1, 0.15) is 29.2 Å². The van der Waals surface area contributed by atoms with E-state index in [0.717, 1.165) is 34.4 Å². The summed E-state index contributed by atoms with van der Waals surface area (Å²) in [7, 11) is 0. The van der Waals surface area contributed by atoms with Gasteiger partial charge in [0, 0.05) is 17.9 Å². The highest BCUT2D eigenvalue weighted by atomic mass is 16.2. The number of aryl methyl sites for hydroxylation is 2. The average molecular weight is 378 g/mol. The molecule has 4 N–H and O–H groups in total. The van der Waals surface area contributed by atoms with Gasteiger partial charge >= 0.3 is 12.1 Å². The Hall–Kier alpha value is -3.28. The standard InChI is InChI=1S/C22H26N4O2/c1-4-16-11-19(10-9-17(16)12-20-15(3)24-22(28)26-20)25-21(27)23-13-18-8-6-5-7-14(18)2/h5-11,20H,3-4,12-13H2,1-2H3,(H2,23,25,27)(H2,24,26,28). The number of urea groups is 2. The third-order valence-electron chi connectivity index (χ3n) is 4.97. The minimum absolute atomic E-state index is 0.117. The van der Waals surface area contributed by atoms with Gasteiger partial charge in [0.25, 0.3) is 0 Å². The summed E-state index contributed by atoms with van der Waals surface area (Å²) in [5, 5.41) is 11.3. The van der Waals surface area contributed by atoms with Gasteiger partial charge in [-0.15, -0.1) is 0 Å². The molecule has 1 fully saturated rings. The second kappa shape index (κ2) is 8.61. The van der Waals surface area contributed by atoms with Crippen LogP contribution in [-0.4, -0.2) is 18.1 Å². The van der Waals surface area contributed by atoms with E-state index in [2.05, 4.69) is 34.8 Å². The molecule has 0 aliphatic carbocycles. The first-order chi connectivity index (χ1) is 13.5. The molecular weight excluding hydrogens is 352 g/mol. The van der Waals surface area contributed by atoms with Gasteiger partial charge in [0.1, 0.15) is 0 Å². The molecule has 1 saturated heterocycles. The quantitative estimate of drug-likeness (QED) is 0.619. The molecule has 0 spiro atoms. The maximum absolute atomic E-state index is 12.2. The fourth-order valence-corrected chi connectivity index (χ4v) is 3.30. The zero-order valence-electron chi connectivity index (χ0n) is 16.3. The van der Waals surface area contributed by atoms with Crippen LogP contribution in [0.2, 0.25) is 0 Å². The van der Waals surface area contributed by atoms with E-state index in [1.54, 1.807) is 0 Å². The average Bonchev–Trinajstić information content (AvgIpc) is 2.99. The van der Waals surface area contributed by atoms with Crippen LogP contribution in [0.5, 0.6) is 0 Å². The molecule has 1 atom stereocenters. The van der Waals surface area contributed by atoms with Crippen molar-refractivity contribution < 1.29 is 9.59 Å². The highest BCUT2D eigenvalue weighted by molar-refractivity contribution is 5.89. The lowest BCUT2D eigenvalue weighted by atomic mass is 9.97. The van der Waals surface area contributed by atoms with Crippen molar-refractivity contribution in [2.45, 2.75) is 39.3 Å². The van der Waals surface area contributed by atoms with Crippen LogP contribution in [0, 0.1) is 6.92 Å². The molecule has 1 aliphatic rings. The molecule has 1 unspecified atom stereocenters.